The summed E-state index contributed by atoms with van der Waals surface area (Å²) in [5.74, 6) is 0. The van der Waals surface area contributed by atoms with Crippen molar-refractivity contribution in [3.05, 3.63) is 47.5 Å². The van der Waals surface area contributed by atoms with Gasteiger partial charge in [0.2, 0.25) is 0 Å². The molecule has 4 nitrogen and oxygen atoms in total. The van der Waals surface area contributed by atoms with Gasteiger partial charge in [-0.3, -0.25) is 9.67 Å². The number of hydrogen-bond acceptors (Lipinski definition) is 3. The molecule has 16 heavy (non-hydrogen) atoms. The lowest BCUT2D eigenvalue weighted by molar-refractivity contribution is 0.203. The summed E-state index contributed by atoms with van der Waals surface area (Å²) < 4.78 is 1.77. The Morgan fingerprint density at radius 1 is 1.38 bits per heavy atom. The lowest BCUT2D eigenvalue weighted by Gasteiger charge is -2.12. The highest BCUT2D eigenvalue weighted by Crippen LogP contribution is 2.20. The monoisotopic (exact) mass is 217 g/mol. The van der Waals surface area contributed by atoms with Crippen molar-refractivity contribution >= 4 is 0 Å². The van der Waals surface area contributed by atoms with Crippen LogP contribution < -0.4 is 0 Å². The molecule has 84 valence electrons. The van der Waals surface area contributed by atoms with Gasteiger partial charge in [0, 0.05) is 18.9 Å². The summed E-state index contributed by atoms with van der Waals surface area (Å²) in [7, 11) is 0. The summed E-state index contributed by atoms with van der Waals surface area (Å²) in [6.45, 7) is 4.72. The van der Waals surface area contributed by atoms with Crippen LogP contribution in [0.15, 0.2) is 30.6 Å². The van der Waals surface area contributed by atoms with Crippen LogP contribution in [0.5, 0.6) is 0 Å². The first kappa shape index (κ1) is 10.8. The van der Waals surface area contributed by atoms with Gasteiger partial charge in [0.1, 0.15) is 6.10 Å². The summed E-state index contributed by atoms with van der Waals surface area (Å²) in [6, 6.07) is 5.61. The standard InChI is InChI=1S/C12H15N3O/c1-3-15-11(5-7-14-15)12(16)10-8-9(2)4-6-13-10/h4-8,12,16H,3H2,1-2H3. The Labute approximate surface area is 94.6 Å². The fraction of sp³-hybridized carbons (Fsp3) is 0.333. The van der Waals surface area contributed by atoms with E-state index in [0.717, 1.165) is 17.8 Å². The van der Waals surface area contributed by atoms with Gasteiger partial charge < -0.3 is 5.11 Å². The Balaban J connectivity index is 2.35. The Morgan fingerprint density at radius 2 is 2.19 bits per heavy atom. The summed E-state index contributed by atoms with van der Waals surface area (Å²) in [5.41, 5.74) is 2.53. The zero-order chi connectivity index (χ0) is 11.5. The molecule has 0 aliphatic rings. The molecule has 0 saturated heterocycles. The minimum atomic E-state index is -0.706. The van der Waals surface area contributed by atoms with Gasteiger partial charge in [0.25, 0.3) is 0 Å². The second-order valence-corrected chi connectivity index (χ2v) is 3.73. The number of rotatable bonds is 3. The Morgan fingerprint density at radius 3 is 2.88 bits per heavy atom. The highest BCUT2D eigenvalue weighted by atomic mass is 16.3. The lowest BCUT2D eigenvalue weighted by atomic mass is 10.1. The minimum Gasteiger partial charge on any atom is -0.380 e. The van der Waals surface area contributed by atoms with E-state index in [1.807, 2.05) is 32.0 Å². The van der Waals surface area contributed by atoms with Crippen LogP contribution in [0.4, 0.5) is 0 Å². The van der Waals surface area contributed by atoms with Gasteiger partial charge in [-0.1, -0.05) is 0 Å². The first-order valence-electron chi connectivity index (χ1n) is 5.34. The maximum absolute atomic E-state index is 10.2. The number of aliphatic hydroxyl groups is 1. The van der Waals surface area contributed by atoms with E-state index in [0.29, 0.717) is 5.69 Å². The second-order valence-electron chi connectivity index (χ2n) is 3.73. The molecule has 1 atom stereocenters. The zero-order valence-corrected chi connectivity index (χ0v) is 9.46. The smallest absolute Gasteiger partial charge is 0.137 e. The molecule has 0 amide bonds. The van der Waals surface area contributed by atoms with Crippen LogP contribution in [0.2, 0.25) is 0 Å². The molecule has 2 heterocycles. The zero-order valence-electron chi connectivity index (χ0n) is 9.46. The highest BCUT2D eigenvalue weighted by Gasteiger charge is 2.15. The van der Waals surface area contributed by atoms with Gasteiger partial charge in [0.15, 0.2) is 0 Å². The molecule has 2 aromatic rings. The van der Waals surface area contributed by atoms with Gasteiger partial charge in [-0.25, -0.2) is 0 Å². The maximum Gasteiger partial charge on any atom is 0.137 e. The van der Waals surface area contributed by atoms with E-state index in [4.69, 9.17) is 0 Å². The Kier molecular flexibility index (Phi) is 3.01. The molecule has 0 bridgehead atoms. The van der Waals surface area contributed by atoms with Gasteiger partial charge in [-0.2, -0.15) is 5.10 Å². The molecule has 0 aliphatic heterocycles. The third-order valence-corrected chi connectivity index (χ3v) is 2.55. The topological polar surface area (TPSA) is 50.9 Å². The normalized spacial score (nSPS) is 12.7. The first-order chi connectivity index (χ1) is 7.72. The molecular formula is C12H15N3O. The van der Waals surface area contributed by atoms with E-state index in [1.54, 1.807) is 17.1 Å². The molecule has 0 spiro atoms. The van der Waals surface area contributed by atoms with Crippen molar-refractivity contribution in [1.29, 1.82) is 0 Å². The molecule has 0 radical (unpaired) electrons. The number of nitrogens with zero attached hydrogens (tertiary/aromatic N) is 3. The molecule has 2 rings (SSSR count). The summed E-state index contributed by atoms with van der Waals surface area (Å²) in [4.78, 5) is 4.18. The minimum absolute atomic E-state index is 0.662. The van der Waals surface area contributed by atoms with Crippen LogP contribution in [0.25, 0.3) is 0 Å². The number of hydrogen-bond donors (Lipinski definition) is 1. The van der Waals surface area contributed by atoms with Crippen molar-refractivity contribution in [2.45, 2.75) is 26.5 Å². The average molecular weight is 217 g/mol. The predicted molar refractivity (Wildman–Crippen MR) is 60.9 cm³/mol. The van der Waals surface area contributed by atoms with Gasteiger partial charge in [-0.05, 0) is 37.6 Å². The van der Waals surface area contributed by atoms with E-state index in [9.17, 15) is 5.11 Å². The van der Waals surface area contributed by atoms with E-state index in [2.05, 4.69) is 10.1 Å². The number of aryl methyl sites for hydroxylation is 2. The van der Waals surface area contributed by atoms with Crippen molar-refractivity contribution in [1.82, 2.24) is 14.8 Å². The van der Waals surface area contributed by atoms with Gasteiger partial charge in [0.05, 0.1) is 11.4 Å². The van der Waals surface area contributed by atoms with Crippen LogP contribution in [-0.4, -0.2) is 19.9 Å². The van der Waals surface area contributed by atoms with Crippen LogP contribution in [0, 0.1) is 6.92 Å². The molecule has 0 saturated carbocycles. The van der Waals surface area contributed by atoms with E-state index in [-0.39, 0.29) is 0 Å². The Bertz CT molecular complexity index is 479. The van der Waals surface area contributed by atoms with E-state index < -0.39 is 6.10 Å². The highest BCUT2D eigenvalue weighted by molar-refractivity contribution is 5.22. The third-order valence-electron chi connectivity index (χ3n) is 2.55. The van der Waals surface area contributed by atoms with E-state index in [1.165, 1.54) is 0 Å². The Hall–Kier alpha value is -1.68. The SMILES string of the molecule is CCn1nccc1C(O)c1cc(C)ccn1. The van der Waals surface area contributed by atoms with E-state index >= 15 is 0 Å². The van der Waals surface area contributed by atoms with Gasteiger partial charge in [-0.15, -0.1) is 0 Å². The summed E-state index contributed by atoms with van der Waals surface area (Å²) in [5, 5.41) is 14.3. The van der Waals surface area contributed by atoms with Crippen LogP contribution in [0.3, 0.4) is 0 Å². The molecule has 0 aliphatic carbocycles. The average Bonchev–Trinajstić information content (AvgIpc) is 2.76. The largest absolute Gasteiger partial charge is 0.380 e. The van der Waals surface area contributed by atoms with Crippen LogP contribution in [-0.2, 0) is 6.54 Å². The summed E-state index contributed by atoms with van der Waals surface area (Å²) in [6.07, 6.45) is 2.70. The second kappa shape index (κ2) is 4.45. The molecule has 0 fully saturated rings. The number of pyridine rings is 1. The van der Waals surface area contributed by atoms with Crippen LogP contribution >= 0.6 is 0 Å². The third kappa shape index (κ3) is 1.97. The quantitative estimate of drug-likeness (QED) is 0.851. The van der Waals surface area contributed by atoms with Crippen molar-refractivity contribution in [3.8, 4) is 0 Å². The fourth-order valence-electron chi connectivity index (χ4n) is 1.70. The van der Waals surface area contributed by atoms with Crippen molar-refractivity contribution < 1.29 is 5.11 Å². The number of aromatic nitrogens is 3. The first-order valence-corrected chi connectivity index (χ1v) is 5.34. The summed E-state index contributed by atoms with van der Waals surface area (Å²) >= 11 is 0. The number of aliphatic hydroxyl groups excluding tert-OH is 1. The maximum atomic E-state index is 10.2. The van der Waals surface area contributed by atoms with Crippen molar-refractivity contribution in [3.63, 3.8) is 0 Å². The molecule has 2 aromatic heterocycles. The fourth-order valence-corrected chi connectivity index (χ4v) is 1.70. The molecule has 1 N–H and O–H groups in total. The molecular weight excluding hydrogens is 202 g/mol. The van der Waals surface area contributed by atoms with Crippen LogP contribution in [0.1, 0.15) is 30.0 Å². The lowest BCUT2D eigenvalue weighted by Crippen LogP contribution is -2.10. The molecule has 4 heteroatoms. The van der Waals surface area contributed by atoms with Gasteiger partial charge >= 0.3 is 0 Å². The molecule has 0 aromatic carbocycles. The molecule has 1 unspecified atom stereocenters. The predicted octanol–water partition coefficient (Wildman–Crippen LogP) is 1.69. The van der Waals surface area contributed by atoms with Crippen molar-refractivity contribution in [2.75, 3.05) is 0 Å². The van der Waals surface area contributed by atoms with Crippen molar-refractivity contribution in [2.24, 2.45) is 0 Å².